The Balaban J connectivity index is 1.62. The highest BCUT2D eigenvalue weighted by molar-refractivity contribution is 6.53. The van der Waals surface area contributed by atoms with E-state index in [1.54, 1.807) is 36.1 Å². The van der Waals surface area contributed by atoms with Gasteiger partial charge in [0.1, 0.15) is 17.2 Å². The molecule has 0 aromatic heterocycles. The van der Waals surface area contributed by atoms with Crippen molar-refractivity contribution in [1.82, 2.24) is 0 Å². The van der Waals surface area contributed by atoms with Crippen molar-refractivity contribution in [1.29, 1.82) is 5.41 Å². The summed E-state index contributed by atoms with van der Waals surface area (Å²) in [5, 5.41) is 8.35. The summed E-state index contributed by atoms with van der Waals surface area (Å²) in [4.78, 5) is 45.9. The summed E-state index contributed by atoms with van der Waals surface area (Å²) in [5.74, 6) is -2.23. The molecule has 200 valence electrons. The topological polar surface area (TPSA) is 112 Å². The quantitative estimate of drug-likeness (QED) is 0.402. The van der Waals surface area contributed by atoms with Crippen LogP contribution >= 0.6 is 0 Å². The van der Waals surface area contributed by atoms with Gasteiger partial charge >= 0.3 is 12.6 Å². The Hall–Kier alpha value is -4.15. The van der Waals surface area contributed by atoms with E-state index in [0.29, 0.717) is 18.7 Å². The summed E-state index contributed by atoms with van der Waals surface area (Å²) in [6.45, 7) is -0.394. The van der Waals surface area contributed by atoms with Crippen LogP contribution < -0.4 is 14.5 Å². The molecule has 9 nitrogen and oxygen atoms in total. The lowest BCUT2D eigenvalue weighted by Gasteiger charge is -2.33. The molecule has 1 unspecified atom stereocenters. The Labute approximate surface area is 218 Å². The molecule has 11 heteroatoms. The number of hydrogen-bond acceptors (Lipinski definition) is 7. The van der Waals surface area contributed by atoms with Crippen LogP contribution in [0.25, 0.3) is 0 Å². The van der Waals surface area contributed by atoms with Crippen molar-refractivity contribution < 1.29 is 32.6 Å². The molecule has 2 saturated heterocycles. The number of aliphatic imine (C=N–C) groups is 1. The van der Waals surface area contributed by atoms with Gasteiger partial charge in [0, 0.05) is 30.9 Å². The zero-order chi connectivity index (χ0) is 27.2. The van der Waals surface area contributed by atoms with Crippen molar-refractivity contribution >= 4 is 46.3 Å². The van der Waals surface area contributed by atoms with Gasteiger partial charge in [-0.15, -0.1) is 0 Å². The van der Waals surface area contributed by atoms with E-state index < -0.39 is 24.4 Å². The number of anilines is 2. The van der Waals surface area contributed by atoms with E-state index in [1.807, 2.05) is 0 Å². The van der Waals surface area contributed by atoms with Crippen LogP contribution in [0.15, 0.2) is 53.5 Å². The van der Waals surface area contributed by atoms with E-state index in [1.165, 1.54) is 29.2 Å². The molecule has 2 aliphatic rings. The second-order valence-electron chi connectivity index (χ2n) is 8.82. The highest BCUT2D eigenvalue weighted by Gasteiger charge is 2.38. The number of esters is 1. The maximum atomic E-state index is 13.6. The minimum absolute atomic E-state index is 0.0351. The lowest BCUT2D eigenvalue weighted by atomic mass is 9.88. The summed E-state index contributed by atoms with van der Waals surface area (Å²) in [6, 6.07) is 12.5. The number of ether oxygens (including phenoxy) is 2. The van der Waals surface area contributed by atoms with Gasteiger partial charge in [0.05, 0.1) is 18.2 Å². The highest BCUT2D eigenvalue weighted by atomic mass is 19.3. The average molecular weight is 527 g/mol. The molecule has 0 spiro atoms. The van der Waals surface area contributed by atoms with Gasteiger partial charge in [-0.05, 0) is 74.7 Å². The Morgan fingerprint density at radius 2 is 1.68 bits per heavy atom. The van der Waals surface area contributed by atoms with Crippen LogP contribution in [0.1, 0.15) is 32.6 Å². The fourth-order valence-corrected chi connectivity index (χ4v) is 4.52. The van der Waals surface area contributed by atoms with Gasteiger partial charge in [-0.2, -0.15) is 8.78 Å². The lowest BCUT2D eigenvalue weighted by molar-refractivity contribution is -0.135. The van der Waals surface area contributed by atoms with E-state index in [4.69, 9.17) is 10.1 Å². The molecule has 2 amide bonds. The molecular formula is C27H28F2N4O5. The zero-order valence-corrected chi connectivity index (χ0v) is 20.9. The minimum Gasteiger partial charge on any atom is -0.462 e. The summed E-state index contributed by atoms with van der Waals surface area (Å²) in [6.07, 6.45) is 2.57. The normalized spacial score (nSPS) is 19.2. The number of hydrogen-bond donors (Lipinski definition) is 1. The number of nitrogens with zero attached hydrogens (tertiary/aromatic N) is 3. The average Bonchev–Trinajstić information content (AvgIpc) is 2.91. The Morgan fingerprint density at radius 3 is 2.29 bits per heavy atom. The van der Waals surface area contributed by atoms with Gasteiger partial charge in [0.2, 0.25) is 5.91 Å². The van der Waals surface area contributed by atoms with Gasteiger partial charge < -0.3 is 19.3 Å². The number of carbonyl (C=O) groups excluding carboxylic acids is 3. The first kappa shape index (κ1) is 26.9. The van der Waals surface area contributed by atoms with E-state index in [0.717, 1.165) is 18.5 Å². The molecule has 2 heterocycles. The number of nitrogens with one attached hydrogen (secondary N) is 1. The first-order valence-electron chi connectivity index (χ1n) is 12.4. The third-order valence-electron chi connectivity index (χ3n) is 6.39. The fraction of sp³-hybridized carbons (Fsp3) is 0.370. The number of amides is 2. The van der Waals surface area contributed by atoms with Crippen LogP contribution in [0, 0.1) is 11.3 Å². The number of piperidine rings is 2. The number of carbonyl (C=O) groups is 3. The van der Waals surface area contributed by atoms with E-state index in [-0.39, 0.29) is 48.3 Å². The van der Waals surface area contributed by atoms with Crippen LogP contribution in [-0.2, 0) is 19.1 Å². The number of halogens is 2. The third kappa shape index (κ3) is 6.04. The molecule has 1 atom stereocenters. The highest BCUT2D eigenvalue weighted by Crippen LogP contribution is 2.30. The summed E-state index contributed by atoms with van der Waals surface area (Å²) >= 11 is 0. The standard InChI is InChI=1S/C27H28F2N4O5/c1-2-37-26(36)23(30)21-14-16-33(19-10-8-18(9-11-19)32-15-4-3-5-22(32)34)25(35)24(21)31-17-6-12-20(13-7-17)38-27(28)29/h6-13,21,27,30H,2-5,14-16H2,1H3. The number of alkyl halides is 2. The predicted octanol–water partition coefficient (Wildman–Crippen LogP) is 4.51. The van der Waals surface area contributed by atoms with Crippen molar-refractivity contribution in [3.8, 4) is 5.75 Å². The first-order chi connectivity index (χ1) is 18.3. The molecule has 2 aromatic rings. The second kappa shape index (κ2) is 11.9. The second-order valence-corrected chi connectivity index (χ2v) is 8.82. The molecule has 0 radical (unpaired) electrons. The van der Waals surface area contributed by atoms with Crippen molar-refractivity contribution in [2.24, 2.45) is 10.9 Å². The molecule has 2 fully saturated rings. The van der Waals surface area contributed by atoms with E-state index in [9.17, 15) is 23.2 Å². The molecule has 0 saturated carbocycles. The third-order valence-corrected chi connectivity index (χ3v) is 6.39. The molecule has 2 aliphatic heterocycles. The summed E-state index contributed by atoms with van der Waals surface area (Å²) < 4.78 is 34.3. The van der Waals surface area contributed by atoms with Crippen molar-refractivity contribution in [3.05, 3.63) is 48.5 Å². The molecule has 4 rings (SSSR count). The number of rotatable bonds is 8. The minimum atomic E-state index is -2.98. The molecule has 38 heavy (non-hydrogen) atoms. The largest absolute Gasteiger partial charge is 0.462 e. The maximum absolute atomic E-state index is 13.6. The summed E-state index contributed by atoms with van der Waals surface area (Å²) in [5.41, 5.74) is 1.20. The predicted molar refractivity (Wildman–Crippen MR) is 138 cm³/mol. The molecular weight excluding hydrogens is 498 g/mol. The van der Waals surface area contributed by atoms with Gasteiger partial charge in [0.25, 0.3) is 5.91 Å². The molecule has 0 bridgehead atoms. The van der Waals surface area contributed by atoms with Crippen LogP contribution in [0.4, 0.5) is 25.8 Å². The van der Waals surface area contributed by atoms with Crippen molar-refractivity contribution in [3.63, 3.8) is 0 Å². The van der Waals surface area contributed by atoms with Gasteiger partial charge in [-0.3, -0.25) is 15.0 Å². The zero-order valence-electron chi connectivity index (χ0n) is 20.9. The van der Waals surface area contributed by atoms with E-state index >= 15 is 0 Å². The molecule has 0 aliphatic carbocycles. The molecule has 2 aromatic carbocycles. The van der Waals surface area contributed by atoms with Crippen LogP contribution in [0.5, 0.6) is 5.75 Å². The van der Waals surface area contributed by atoms with Gasteiger partial charge in [0.15, 0.2) is 0 Å². The van der Waals surface area contributed by atoms with Crippen LogP contribution in [0.2, 0.25) is 0 Å². The monoisotopic (exact) mass is 526 g/mol. The smallest absolute Gasteiger partial charge is 0.387 e. The van der Waals surface area contributed by atoms with Crippen molar-refractivity contribution in [2.45, 2.75) is 39.2 Å². The lowest BCUT2D eigenvalue weighted by Crippen LogP contribution is -2.50. The summed E-state index contributed by atoms with van der Waals surface area (Å²) in [7, 11) is 0. The first-order valence-corrected chi connectivity index (χ1v) is 12.4. The molecule has 1 N–H and O–H groups in total. The van der Waals surface area contributed by atoms with Crippen LogP contribution in [0.3, 0.4) is 0 Å². The Kier molecular flexibility index (Phi) is 8.45. The Bertz CT molecular complexity index is 1230. The van der Waals surface area contributed by atoms with Gasteiger partial charge in [-0.25, -0.2) is 9.79 Å². The SMILES string of the molecule is CCOC(=O)C(=N)C1CCN(c2ccc(N3CCCCC3=O)cc2)C(=O)C1=Nc1ccc(OC(F)F)cc1. The maximum Gasteiger partial charge on any atom is 0.387 e. The Morgan fingerprint density at radius 1 is 1.03 bits per heavy atom. The van der Waals surface area contributed by atoms with Gasteiger partial charge in [-0.1, -0.05) is 0 Å². The fourth-order valence-electron chi connectivity index (χ4n) is 4.52. The van der Waals surface area contributed by atoms with E-state index in [2.05, 4.69) is 9.73 Å². The van der Waals surface area contributed by atoms with Crippen LogP contribution in [-0.4, -0.2) is 55.5 Å². The van der Waals surface area contributed by atoms with Crippen molar-refractivity contribution in [2.75, 3.05) is 29.5 Å². The number of benzene rings is 2.